The molecule has 3 nitrogen and oxygen atoms in total. The highest BCUT2D eigenvalue weighted by molar-refractivity contribution is 6.36. The molecule has 1 saturated carbocycles. The average molecular weight is 269 g/mol. The monoisotopic (exact) mass is 268 g/mol. The van der Waals surface area contributed by atoms with Gasteiger partial charge in [-0.05, 0) is 37.0 Å². The Balaban J connectivity index is 2.11. The lowest BCUT2D eigenvalue weighted by molar-refractivity contribution is 0.0942. The molecule has 1 N–H and O–H groups in total. The third-order valence-electron chi connectivity index (χ3n) is 2.69. The molecule has 1 aromatic rings. The molecule has 0 heterocycles. The van der Waals surface area contributed by atoms with E-state index in [9.17, 15) is 4.79 Å². The minimum Gasteiger partial charge on any atom is -0.336 e. The van der Waals surface area contributed by atoms with Crippen LogP contribution in [-0.2, 0) is 0 Å². The molecule has 1 amide bonds. The smallest absolute Gasteiger partial charge is 0.253 e. The molecule has 0 aromatic heterocycles. The van der Waals surface area contributed by atoms with E-state index in [2.05, 4.69) is 11.4 Å². The Labute approximate surface area is 109 Å². The van der Waals surface area contributed by atoms with Crippen molar-refractivity contribution in [3.8, 4) is 6.07 Å². The van der Waals surface area contributed by atoms with Gasteiger partial charge in [0, 0.05) is 5.02 Å². The van der Waals surface area contributed by atoms with Crippen molar-refractivity contribution in [1.82, 2.24) is 5.32 Å². The maximum absolute atomic E-state index is 11.9. The van der Waals surface area contributed by atoms with Crippen molar-refractivity contribution >= 4 is 29.1 Å². The summed E-state index contributed by atoms with van der Waals surface area (Å²) in [5, 5.41) is 12.4. The second-order valence-corrected chi connectivity index (χ2v) is 4.89. The van der Waals surface area contributed by atoms with Crippen molar-refractivity contribution in [2.45, 2.75) is 18.9 Å². The molecule has 0 bridgehead atoms. The molecule has 1 aliphatic rings. The first-order valence-corrected chi connectivity index (χ1v) is 6.03. The lowest BCUT2D eigenvalue weighted by Crippen LogP contribution is -2.35. The van der Waals surface area contributed by atoms with E-state index in [1.807, 2.05) is 0 Å². The summed E-state index contributed by atoms with van der Waals surface area (Å²) in [4.78, 5) is 11.9. The number of hydrogen-bond acceptors (Lipinski definition) is 2. The van der Waals surface area contributed by atoms with Crippen LogP contribution in [0.25, 0.3) is 0 Å². The van der Waals surface area contributed by atoms with E-state index in [1.54, 1.807) is 12.1 Å². The summed E-state index contributed by atoms with van der Waals surface area (Å²) in [6.07, 6.45) is 1.99. The molecule has 5 heteroatoms. The van der Waals surface area contributed by atoms with Crippen molar-refractivity contribution in [2.24, 2.45) is 5.92 Å². The van der Waals surface area contributed by atoms with Gasteiger partial charge in [-0.1, -0.05) is 23.2 Å². The van der Waals surface area contributed by atoms with E-state index in [1.165, 1.54) is 6.07 Å². The summed E-state index contributed by atoms with van der Waals surface area (Å²) >= 11 is 11.7. The number of carbonyl (C=O) groups is 1. The highest BCUT2D eigenvalue weighted by atomic mass is 35.5. The third-order valence-corrected chi connectivity index (χ3v) is 3.24. The SMILES string of the molecule is N#CC(NC(=O)c1ccc(Cl)cc1Cl)C1CC1. The normalized spacial score (nSPS) is 16.1. The van der Waals surface area contributed by atoms with Gasteiger partial charge >= 0.3 is 0 Å². The second kappa shape index (κ2) is 4.95. The molecular formula is C12H10Cl2N2O. The standard InChI is InChI=1S/C12H10Cl2N2O/c13-8-3-4-9(10(14)5-8)12(17)16-11(6-15)7-1-2-7/h3-5,7,11H,1-2H2,(H,16,17). The van der Waals surface area contributed by atoms with Crippen molar-refractivity contribution in [3.63, 3.8) is 0 Å². The maximum Gasteiger partial charge on any atom is 0.253 e. The zero-order valence-corrected chi connectivity index (χ0v) is 10.4. The number of nitrogens with zero attached hydrogens (tertiary/aromatic N) is 1. The van der Waals surface area contributed by atoms with Gasteiger partial charge in [0.2, 0.25) is 0 Å². The number of halogens is 2. The van der Waals surface area contributed by atoms with Crippen LogP contribution >= 0.6 is 23.2 Å². The highest BCUT2D eigenvalue weighted by Gasteiger charge is 2.32. The number of amides is 1. The first kappa shape index (κ1) is 12.2. The quantitative estimate of drug-likeness (QED) is 0.916. The van der Waals surface area contributed by atoms with Crippen LogP contribution in [0.15, 0.2) is 18.2 Å². The van der Waals surface area contributed by atoms with Crippen LogP contribution in [0.1, 0.15) is 23.2 Å². The molecule has 1 aliphatic carbocycles. The topological polar surface area (TPSA) is 52.9 Å². The number of nitriles is 1. The fraction of sp³-hybridized carbons (Fsp3) is 0.333. The number of carbonyl (C=O) groups excluding carboxylic acids is 1. The zero-order valence-electron chi connectivity index (χ0n) is 8.91. The summed E-state index contributed by atoms with van der Waals surface area (Å²) in [7, 11) is 0. The minimum atomic E-state index is -0.422. The molecule has 17 heavy (non-hydrogen) atoms. The summed E-state index contributed by atoms with van der Waals surface area (Å²) in [6, 6.07) is 6.34. The number of nitrogens with one attached hydrogen (secondary N) is 1. The van der Waals surface area contributed by atoms with Crippen LogP contribution in [0.4, 0.5) is 0 Å². The van der Waals surface area contributed by atoms with Gasteiger partial charge in [0.05, 0.1) is 16.7 Å². The third kappa shape index (κ3) is 2.91. The van der Waals surface area contributed by atoms with Crippen LogP contribution in [0, 0.1) is 17.2 Å². The van der Waals surface area contributed by atoms with E-state index in [0.717, 1.165) is 12.8 Å². The molecular weight excluding hydrogens is 259 g/mol. The lowest BCUT2D eigenvalue weighted by atomic mass is 10.1. The Bertz CT molecular complexity index is 492. The van der Waals surface area contributed by atoms with Crippen molar-refractivity contribution < 1.29 is 4.79 Å². The predicted octanol–water partition coefficient (Wildman–Crippen LogP) is 3.03. The lowest BCUT2D eigenvalue weighted by Gasteiger charge is -2.11. The molecule has 0 radical (unpaired) electrons. The van der Waals surface area contributed by atoms with Crippen molar-refractivity contribution in [1.29, 1.82) is 5.26 Å². The molecule has 1 aromatic carbocycles. The number of benzene rings is 1. The molecule has 1 unspecified atom stereocenters. The van der Waals surface area contributed by atoms with Crippen LogP contribution in [0.5, 0.6) is 0 Å². The molecule has 0 saturated heterocycles. The Morgan fingerprint density at radius 2 is 2.18 bits per heavy atom. The van der Waals surface area contributed by atoms with Gasteiger partial charge in [0.15, 0.2) is 0 Å². The Morgan fingerprint density at radius 1 is 1.47 bits per heavy atom. The van der Waals surface area contributed by atoms with Gasteiger partial charge < -0.3 is 5.32 Å². The van der Waals surface area contributed by atoms with Crippen molar-refractivity contribution in [3.05, 3.63) is 33.8 Å². The fourth-order valence-electron chi connectivity index (χ4n) is 1.58. The van der Waals surface area contributed by atoms with Crippen LogP contribution in [0.3, 0.4) is 0 Å². The van der Waals surface area contributed by atoms with E-state index in [4.69, 9.17) is 28.5 Å². The maximum atomic E-state index is 11.9. The highest BCUT2D eigenvalue weighted by Crippen LogP contribution is 2.32. The first-order chi connectivity index (χ1) is 8.11. The van der Waals surface area contributed by atoms with Crippen LogP contribution in [0.2, 0.25) is 10.0 Å². The molecule has 2 rings (SSSR count). The minimum absolute atomic E-state index is 0.287. The van der Waals surface area contributed by atoms with Gasteiger partial charge in [0.25, 0.3) is 5.91 Å². The summed E-state index contributed by atoms with van der Waals surface area (Å²) in [6.45, 7) is 0. The number of rotatable bonds is 3. The second-order valence-electron chi connectivity index (χ2n) is 4.04. The van der Waals surface area contributed by atoms with E-state index in [-0.39, 0.29) is 11.8 Å². The Kier molecular flexibility index (Phi) is 3.56. The van der Waals surface area contributed by atoms with Crippen molar-refractivity contribution in [2.75, 3.05) is 0 Å². The van der Waals surface area contributed by atoms with Crippen LogP contribution in [-0.4, -0.2) is 11.9 Å². The van der Waals surface area contributed by atoms with E-state index < -0.39 is 6.04 Å². The molecule has 1 fully saturated rings. The van der Waals surface area contributed by atoms with Gasteiger partial charge in [-0.3, -0.25) is 4.79 Å². The first-order valence-electron chi connectivity index (χ1n) is 5.27. The van der Waals surface area contributed by atoms with Gasteiger partial charge in [-0.25, -0.2) is 0 Å². The van der Waals surface area contributed by atoms with Gasteiger partial charge in [-0.2, -0.15) is 5.26 Å². The van der Waals surface area contributed by atoms with E-state index >= 15 is 0 Å². The van der Waals surface area contributed by atoms with Gasteiger partial charge in [0.1, 0.15) is 6.04 Å². The molecule has 1 atom stereocenters. The van der Waals surface area contributed by atoms with Crippen LogP contribution < -0.4 is 5.32 Å². The average Bonchev–Trinajstić information content (AvgIpc) is 3.09. The molecule has 0 aliphatic heterocycles. The fourth-order valence-corrected chi connectivity index (χ4v) is 2.07. The predicted molar refractivity (Wildman–Crippen MR) is 66.1 cm³/mol. The summed E-state index contributed by atoms with van der Waals surface area (Å²) < 4.78 is 0. The van der Waals surface area contributed by atoms with Gasteiger partial charge in [-0.15, -0.1) is 0 Å². The largest absolute Gasteiger partial charge is 0.336 e. The Morgan fingerprint density at radius 3 is 2.71 bits per heavy atom. The van der Waals surface area contributed by atoms with E-state index in [0.29, 0.717) is 15.6 Å². The summed E-state index contributed by atoms with van der Waals surface area (Å²) in [5.74, 6) is -0.0415. The summed E-state index contributed by atoms with van der Waals surface area (Å²) in [5.41, 5.74) is 0.344. The molecule has 88 valence electrons. The zero-order chi connectivity index (χ0) is 12.4. The molecule has 0 spiro atoms. The number of hydrogen-bond donors (Lipinski definition) is 1. The Hall–Kier alpha value is -1.24.